The predicted octanol–water partition coefficient (Wildman–Crippen LogP) is 4.25. The number of nitrogens with zero attached hydrogens (tertiary/aromatic N) is 1. The van der Waals surface area contributed by atoms with E-state index in [0.29, 0.717) is 27.4 Å². The second kappa shape index (κ2) is 7.38. The average Bonchev–Trinajstić information content (AvgIpc) is 2.29. The molecule has 0 unspecified atom stereocenters. The summed E-state index contributed by atoms with van der Waals surface area (Å²) in [5.41, 5.74) is -0.496. The minimum Gasteiger partial charge on any atom is -0.459 e. The van der Waals surface area contributed by atoms with Crippen LogP contribution in [0.3, 0.4) is 0 Å². The molecule has 0 aliphatic carbocycles. The zero-order valence-electron chi connectivity index (χ0n) is 11.9. The Kier molecular flexibility index (Phi) is 6.43. The number of pyridine rings is 1. The highest BCUT2D eigenvalue weighted by atomic mass is 35.5. The summed E-state index contributed by atoms with van der Waals surface area (Å²) in [5, 5.41) is 4.47. The number of anilines is 1. The van der Waals surface area contributed by atoms with Gasteiger partial charge in [-0.2, -0.15) is 0 Å². The summed E-state index contributed by atoms with van der Waals surface area (Å²) in [6.07, 6.45) is 0. The van der Waals surface area contributed by atoms with E-state index in [9.17, 15) is 4.79 Å². The van der Waals surface area contributed by atoms with Gasteiger partial charge in [0, 0.05) is 6.54 Å². The molecular formula is C13H18Cl2N2O2S. The Balaban J connectivity index is 2.72. The molecule has 1 aromatic heterocycles. The van der Waals surface area contributed by atoms with Gasteiger partial charge in [0.25, 0.3) is 0 Å². The molecule has 7 heteroatoms. The highest BCUT2D eigenvalue weighted by molar-refractivity contribution is 8.00. The third-order valence-corrected chi connectivity index (χ3v) is 3.64. The van der Waals surface area contributed by atoms with Gasteiger partial charge in [-0.05, 0) is 33.8 Å². The lowest BCUT2D eigenvalue weighted by Gasteiger charge is -2.19. The average molecular weight is 337 g/mol. The molecule has 20 heavy (non-hydrogen) atoms. The van der Waals surface area contributed by atoms with Crippen LogP contribution in [0.2, 0.25) is 10.0 Å². The van der Waals surface area contributed by atoms with E-state index in [-0.39, 0.29) is 11.7 Å². The Morgan fingerprint density at radius 1 is 1.40 bits per heavy atom. The number of esters is 1. The van der Waals surface area contributed by atoms with E-state index in [2.05, 4.69) is 10.3 Å². The number of carbonyl (C=O) groups is 1. The molecule has 0 saturated heterocycles. The molecule has 0 aliphatic rings. The first kappa shape index (κ1) is 17.4. The van der Waals surface area contributed by atoms with Gasteiger partial charge in [0.05, 0.1) is 15.8 Å². The van der Waals surface area contributed by atoms with Crippen molar-refractivity contribution < 1.29 is 9.53 Å². The van der Waals surface area contributed by atoms with Crippen LogP contribution in [-0.4, -0.2) is 28.9 Å². The summed E-state index contributed by atoms with van der Waals surface area (Å²) in [4.78, 5) is 16.0. The molecule has 0 saturated carbocycles. The summed E-state index contributed by atoms with van der Waals surface area (Å²) in [6.45, 7) is 8.12. The quantitative estimate of drug-likeness (QED) is 0.643. The van der Waals surface area contributed by atoms with Crippen LogP contribution in [0.25, 0.3) is 0 Å². The van der Waals surface area contributed by atoms with Crippen molar-refractivity contribution in [3.63, 3.8) is 0 Å². The van der Waals surface area contributed by atoms with Crippen LogP contribution in [0.15, 0.2) is 11.1 Å². The summed E-state index contributed by atoms with van der Waals surface area (Å²) in [5.74, 6) is 0.405. The smallest absolute Gasteiger partial charge is 0.316 e. The summed E-state index contributed by atoms with van der Waals surface area (Å²) in [7, 11) is 0. The molecule has 0 aliphatic heterocycles. The van der Waals surface area contributed by atoms with E-state index >= 15 is 0 Å². The van der Waals surface area contributed by atoms with E-state index in [0.717, 1.165) is 0 Å². The zero-order valence-corrected chi connectivity index (χ0v) is 14.2. The molecule has 0 spiro atoms. The van der Waals surface area contributed by atoms with Gasteiger partial charge in [-0.25, -0.2) is 4.98 Å². The lowest BCUT2D eigenvalue weighted by molar-refractivity contribution is -0.151. The van der Waals surface area contributed by atoms with Crippen molar-refractivity contribution in [2.75, 3.05) is 17.6 Å². The van der Waals surface area contributed by atoms with Gasteiger partial charge in [-0.3, -0.25) is 4.79 Å². The monoisotopic (exact) mass is 336 g/mol. The predicted molar refractivity (Wildman–Crippen MR) is 85.0 cm³/mol. The van der Waals surface area contributed by atoms with Crippen molar-refractivity contribution in [1.29, 1.82) is 0 Å². The van der Waals surface area contributed by atoms with Crippen molar-refractivity contribution >= 4 is 46.8 Å². The number of aromatic nitrogens is 1. The number of thioether (sulfide) groups is 1. The van der Waals surface area contributed by atoms with E-state index < -0.39 is 5.60 Å². The number of rotatable bonds is 5. The second-order valence-corrected chi connectivity index (χ2v) is 6.79. The van der Waals surface area contributed by atoms with Gasteiger partial charge < -0.3 is 10.1 Å². The lowest BCUT2D eigenvalue weighted by atomic mass is 10.2. The number of nitrogens with one attached hydrogen (secondary N) is 1. The first-order valence-corrected chi connectivity index (χ1v) is 7.91. The standard InChI is InChI=1S/C13H18Cl2N2O2S/c1-5-16-11-8(14)6-9(15)12(17-11)20-7-10(18)19-13(2,3)4/h6H,5,7H2,1-4H3,(H,16,17). The molecule has 1 aromatic rings. The fourth-order valence-corrected chi connectivity index (χ4v) is 2.60. The van der Waals surface area contributed by atoms with Crippen molar-refractivity contribution in [2.24, 2.45) is 0 Å². The van der Waals surface area contributed by atoms with E-state index in [1.54, 1.807) is 6.07 Å². The molecule has 0 amide bonds. The number of hydrogen-bond donors (Lipinski definition) is 1. The van der Waals surface area contributed by atoms with Crippen LogP contribution in [0.1, 0.15) is 27.7 Å². The minimum absolute atomic E-state index is 0.150. The summed E-state index contributed by atoms with van der Waals surface area (Å²) >= 11 is 13.3. The highest BCUT2D eigenvalue weighted by Gasteiger charge is 2.17. The van der Waals surface area contributed by atoms with Crippen LogP contribution in [0.4, 0.5) is 5.82 Å². The Labute approximate surface area is 133 Å². The molecule has 0 aromatic carbocycles. The van der Waals surface area contributed by atoms with Gasteiger partial charge >= 0.3 is 5.97 Å². The normalized spacial score (nSPS) is 11.3. The third-order valence-electron chi connectivity index (χ3n) is 1.99. The molecule has 4 nitrogen and oxygen atoms in total. The third kappa shape index (κ3) is 5.77. The molecule has 0 fully saturated rings. The van der Waals surface area contributed by atoms with Crippen LogP contribution in [-0.2, 0) is 9.53 Å². The van der Waals surface area contributed by atoms with Crippen molar-refractivity contribution in [3.05, 3.63) is 16.1 Å². The maximum absolute atomic E-state index is 11.7. The summed E-state index contributed by atoms with van der Waals surface area (Å²) < 4.78 is 5.23. The van der Waals surface area contributed by atoms with Crippen LogP contribution >= 0.6 is 35.0 Å². The first-order valence-electron chi connectivity index (χ1n) is 6.17. The maximum Gasteiger partial charge on any atom is 0.316 e. The van der Waals surface area contributed by atoms with Gasteiger partial charge in [-0.15, -0.1) is 0 Å². The molecule has 0 atom stereocenters. The van der Waals surface area contributed by atoms with E-state index in [1.165, 1.54) is 11.8 Å². The van der Waals surface area contributed by atoms with Gasteiger partial charge in [0.2, 0.25) is 0 Å². The molecule has 1 heterocycles. The number of halogens is 2. The van der Waals surface area contributed by atoms with Crippen molar-refractivity contribution in [2.45, 2.75) is 38.3 Å². The largest absolute Gasteiger partial charge is 0.459 e. The zero-order chi connectivity index (χ0) is 15.3. The lowest BCUT2D eigenvalue weighted by Crippen LogP contribution is -2.24. The fourth-order valence-electron chi connectivity index (χ4n) is 1.34. The topological polar surface area (TPSA) is 51.2 Å². The van der Waals surface area contributed by atoms with Crippen LogP contribution in [0, 0.1) is 0 Å². The molecule has 0 radical (unpaired) electrons. The number of carbonyl (C=O) groups excluding carboxylic acids is 1. The summed E-state index contributed by atoms with van der Waals surface area (Å²) in [6, 6.07) is 1.62. The van der Waals surface area contributed by atoms with E-state index in [1.807, 2.05) is 27.7 Å². The van der Waals surface area contributed by atoms with Crippen LogP contribution < -0.4 is 5.32 Å². The molecule has 1 rings (SSSR count). The van der Waals surface area contributed by atoms with Gasteiger partial charge in [-0.1, -0.05) is 35.0 Å². The molecule has 112 valence electrons. The first-order chi connectivity index (χ1) is 9.23. The number of ether oxygens (including phenoxy) is 1. The van der Waals surface area contributed by atoms with E-state index in [4.69, 9.17) is 27.9 Å². The molecule has 1 N–H and O–H groups in total. The van der Waals surface area contributed by atoms with Crippen molar-refractivity contribution in [3.8, 4) is 0 Å². The highest BCUT2D eigenvalue weighted by Crippen LogP contribution is 2.32. The Morgan fingerprint density at radius 2 is 2.05 bits per heavy atom. The fraction of sp³-hybridized carbons (Fsp3) is 0.538. The van der Waals surface area contributed by atoms with Gasteiger partial charge in [0.15, 0.2) is 0 Å². The maximum atomic E-state index is 11.7. The molecular weight excluding hydrogens is 319 g/mol. The second-order valence-electron chi connectivity index (χ2n) is 5.01. The number of hydrogen-bond acceptors (Lipinski definition) is 5. The molecule has 0 bridgehead atoms. The SMILES string of the molecule is CCNc1nc(SCC(=O)OC(C)(C)C)c(Cl)cc1Cl. The minimum atomic E-state index is -0.496. The Hall–Kier alpha value is -0.650. The van der Waals surface area contributed by atoms with Crippen molar-refractivity contribution in [1.82, 2.24) is 4.98 Å². The van der Waals surface area contributed by atoms with Gasteiger partial charge in [0.1, 0.15) is 16.4 Å². The Morgan fingerprint density at radius 3 is 2.60 bits per heavy atom. The Bertz CT molecular complexity index is 490. The van der Waals surface area contributed by atoms with Crippen LogP contribution in [0.5, 0.6) is 0 Å².